The Balaban J connectivity index is 1.07. The molecule has 0 spiro atoms. The van der Waals surface area contributed by atoms with Crippen molar-refractivity contribution in [3.63, 3.8) is 0 Å². The summed E-state index contributed by atoms with van der Waals surface area (Å²) in [5.41, 5.74) is 17.7. The lowest BCUT2D eigenvalue weighted by molar-refractivity contribution is 0.953. The SMILES string of the molecule is c1ccc(-c2ccc3c(c2)Cc2c(-c4ccccc4)cc(-n4c5ccccc5c5c6c7ccccc7n(-c7nc(-c8ccccc8)nc(-c8ccccc8)n7)c6ccc54)cc2-3)cc1. The molecule has 5 nitrogen and oxygen atoms in total. The molecule has 0 bridgehead atoms. The molecule has 0 aliphatic heterocycles. The lowest BCUT2D eigenvalue weighted by Gasteiger charge is -2.16. The van der Waals surface area contributed by atoms with Crippen LogP contribution in [0.15, 0.2) is 212 Å². The summed E-state index contributed by atoms with van der Waals surface area (Å²) >= 11 is 0. The van der Waals surface area contributed by atoms with Crippen LogP contribution in [-0.2, 0) is 6.42 Å². The second-order valence-corrected chi connectivity index (χ2v) is 16.4. The summed E-state index contributed by atoms with van der Waals surface area (Å²) in [7, 11) is 0. The van der Waals surface area contributed by atoms with E-state index < -0.39 is 0 Å². The molecule has 0 atom stereocenters. The first-order valence-corrected chi connectivity index (χ1v) is 21.5. The van der Waals surface area contributed by atoms with Crippen LogP contribution in [-0.4, -0.2) is 24.1 Å². The van der Waals surface area contributed by atoms with E-state index >= 15 is 0 Å². The minimum absolute atomic E-state index is 0.581. The van der Waals surface area contributed by atoms with Crippen molar-refractivity contribution < 1.29 is 0 Å². The van der Waals surface area contributed by atoms with Crippen molar-refractivity contribution in [2.75, 3.05) is 0 Å². The summed E-state index contributed by atoms with van der Waals surface area (Å²) < 4.78 is 4.70. The minimum Gasteiger partial charge on any atom is -0.309 e. The van der Waals surface area contributed by atoms with Gasteiger partial charge in [-0.3, -0.25) is 4.57 Å². The second kappa shape index (κ2) is 14.1. The van der Waals surface area contributed by atoms with Crippen LogP contribution in [0.3, 0.4) is 0 Å². The molecule has 9 aromatic carbocycles. The van der Waals surface area contributed by atoms with E-state index in [9.17, 15) is 0 Å². The van der Waals surface area contributed by atoms with Crippen molar-refractivity contribution in [3.8, 4) is 67.8 Å². The van der Waals surface area contributed by atoms with E-state index in [2.05, 4.69) is 185 Å². The zero-order valence-corrected chi connectivity index (χ0v) is 34.2. The topological polar surface area (TPSA) is 48.5 Å². The first-order chi connectivity index (χ1) is 31.2. The quantitative estimate of drug-likeness (QED) is 0.168. The van der Waals surface area contributed by atoms with E-state index in [1.165, 1.54) is 60.7 Å². The third-order valence-corrected chi connectivity index (χ3v) is 12.8. The van der Waals surface area contributed by atoms with Crippen molar-refractivity contribution in [3.05, 3.63) is 223 Å². The molecule has 0 fully saturated rings. The van der Waals surface area contributed by atoms with Gasteiger partial charge in [0, 0.05) is 38.4 Å². The molecule has 0 radical (unpaired) electrons. The Labute approximate surface area is 363 Å². The fourth-order valence-electron chi connectivity index (χ4n) is 10.0. The van der Waals surface area contributed by atoms with Crippen LogP contribution in [0.25, 0.3) is 111 Å². The van der Waals surface area contributed by atoms with Crippen LogP contribution in [0.5, 0.6) is 0 Å². The van der Waals surface area contributed by atoms with Gasteiger partial charge in [-0.15, -0.1) is 0 Å². The number of hydrogen-bond donors (Lipinski definition) is 0. The third kappa shape index (κ3) is 5.60. The largest absolute Gasteiger partial charge is 0.309 e. The Morgan fingerprint density at radius 2 is 0.825 bits per heavy atom. The molecule has 63 heavy (non-hydrogen) atoms. The maximum atomic E-state index is 5.22. The fraction of sp³-hybridized carbons (Fsp3) is 0.0172. The Bertz CT molecular complexity index is 3680. The van der Waals surface area contributed by atoms with Crippen LogP contribution in [0.1, 0.15) is 11.1 Å². The number of rotatable bonds is 6. The van der Waals surface area contributed by atoms with Gasteiger partial charge in [0.05, 0.1) is 22.1 Å². The van der Waals surface area contributed by atoms with Gasteiger partial charge in [-0.25, -0.2) is 4.98 Å². The standard InChI is InChI=1S/C58H37N5/c1-5-17-37(18-6-1)41-29-30-44-42(33-41)34-48-47(38-19-7-2-8-20-38)35-43(36-49(44)48)62-50-27-15-13-25-45(50)54-52(62)31-32-53-55(54)46-26-14-16-28-51(46)63(53)58-60-56(39-21-9-3-10-22-39)59-57(61-58)40-23-11-4-12-24-40/h1-33,35-36H,34H2. The smallest absolute Gasteiger partial charge is 0.238 e. The van der Waals surface area contributed by atoms with Crippen LogP contribution >= 0.6 is 0 Å². The monoisotopic (exact) mass is 803 g/mol. The summed E-state index contributed by atoms with van der Waals surface area (Å²) in [5.74, 6) is 1.84. The molecule has 5 heteroatoms. The molecule has 0 amide bonds. The van der Waals surface area contributed by atoms with Crippen LogP contribution < -0.4 is 0 Å². The number of fused-ring (bicyclic) bond motifs is 10. The minimum atomic E-state index is 0.581. The molecule has 13 rings (SSSR count). The van der Waals surface area contributed by atoms with E-state index in [1.54, 1.807) is 0 Å². The zero-order valence-electron chi connectivity index (χ0n) is 34.2. The zero-order chi connectivity index (χ0) is 41.4. The molecular weight excluding hydrogens is 767 g/mol. The molecule has 3 heterocycles. The lowest BCUT2D eigenvalue weighted by atomic mass is 9.94. The van der Waals surface area contributed by atoms with Gasteiger partial charge in [-0.1, -0.05) is 176 Å². The third-order valence-electron chi connectivity index (χ3n) is 12.8. The van der Waals surface area contributed by atoms with E-state index in [4.69, 9.17) is 15.0 Å². The molecular formula is C58H37N5. The molecule has 0 saturated heterocycles. The van der Waals surface area contributed by atoms with Crippen molar-refractivity contribution >= 4 is 43.6 Å². The molecule has 0 saturated carbocycles. The highest BCUT2D eigenvalue weighted by Gasteiger charge is 2.27. The van der Waals surface area contributed by atoms with E-state index in [-0.39, 0.29) is 0 Å². The lowest BCUT2D eigenvalue weighted by Crippen LogP contribution is -2.06. The second-order valence-electron chi connectivity index (χ2n) is 16.4. The highest BCUT2D eigenvalue weighted by Crippen LogP contribution is 2.47. The number of benzene rings is 9. The summed E-state index contributed by atoms with van der Waals surface area (Å²) in [6.07, 6.45) is 0.887. The highest BCUT2D eigenvalue weighted by atomic mass is 15.2. The summed E-state index contributed by atoms with van der Waals surface area (Å²) in [4.78, 5) is 15.4. The molecule has 0 unspecified atom stereocenters. The Hall–Kier alpha value is -8.41. The Kier molecular flexibility index (Phi) is 7.90. The molecule has 294 valence electrons. The van der Waals surface area contributed by atoms with E-state index in [1.807, 2.05) is 36.4 Å². The maximum absolute atomic E-state index is 5.22. The molecule has 1 aliphatic rings. The Morgan fingerprint density at radius 3 is 1.43 bits per heavy atom. The van der Waals surface area contributed by atoms with Crippen LogP contribution in [0.2, 0.25) is 0 Å². The highest BCUT2D eigenvalue weighted by molar-refractivity contribution is 6.28. The van der Waals surface area contributed by atoms with Crippen LogP contribution in [0.4, 0.5) is 0 Å². The number of para-hydroxylation sites is 2. The van der Waals surface area contributed by atoms with Crippen molar-refractivity contribution in [2.45, 2.75) is 6.42 Å². The average Bonchev–Trinajstić information content (AvgIpc) is 4.02. The van der Waals surface area contributed by atoms with Gasteiger partial charge in [-0.2, -0.15) is 9.97 Å². The van der Waals surface area contributed by atoms with Crippen molar-refractivity contribution in [1.29, 1.82) is 0 Å². The predicted octanol–water partition coefficient (Wildman–Crippen LogP) is 14.3. The fourth-order valence-corrected chi connectivity index (χ4v) is 10.0. The van der Waals surface area contributed by atoms with Crippen molar-refractivity contribution in [1.82, 2.24) is 24.1 Å². The number of nitrogens with zero attached hydrogens (tertiary/aromatic N) is 5. The summed E-state index contributed by atoms with van der Waals surface area (Å²) in [6.45, 7) is 0. The van der Waals surface area contributed by atoms with E-state index in [0.717, 1.165) is 50.7 Å². The summed E-state index contributed by atoms with van der Waals surface area (Å²) in [5, 5.41) is 4.71. The van der Waals surface area contributed by atoms with Crippen molar-refractivity contribution in [2.24, 2.45) is 0 Å². The molecule has 3 aromatic heterocycles. The van der Waals surface area contributed by atoms with Gasteiger partial charge >= 0.3 is 0 Å². The van der Waals surface area contributed by atoms with Gasteiger partial charge in [-0.05, 0) is 87.3 Å². The maximum Gasteiger partial charge on any atom is 0.238 e. The van der Waals surface area contributed by atoms with E-state index in [0.29, 0.717) is 17.6 Å². The van der Waals surface area contributed by atoms with Gasteiger partial charge < -0.3 is 4.57 Å². The summed E-state index contributed by atoms with van der Waals surface area (Å²) in [6, 6.07) is 75.9. The molecule has 0 N–H and O–H groups in total. The average molecular weight is 804 g/mol. The van der Waals surface area contributed by atoms with Gasteiger partial charge in [0.15, 0.2) is 11.6 Å². The van der Waals surface area contributed by atoms with Crippen LogP contribution in [0, 0.1) is 0 Å². The van der Waals surface area contributed by atoms with Gasteiger partial charge in [0.2, 0.25) is 5.95 Å². The van der Waals surface area contributed by atoms with Gasteiger partial charge in [0.25, 0.3) is 0 Å². The predicted molar refractivity (Wildman–Crippen MR) is 258 cm³/mol. The molecule has 12 aromatic rings. The molecule has 1 aliphatic carbocycles. The number of aromatic nitrogens is 5. The number of hydrogen-bond acceptors (Lipinski definition) is 3. The Morgan fingerprint density at radius 1 is 0.333 bits per heavy atom. The first-order valence-electron chi connectivity index (χ1n) is 21.5. The van der Waals surface area contributed by atoms with Gasteiger partial charge in [0.1, 0.15) is 0 Å². The normalized spacial score (nSPS) is 12.1. The first kappa shape index (κ1) is 35.4.